The van der Waals surface area contributed by atoms with Crippen LogP contribution < -0.4 is 15.6 Å². The summed E-state index contributed by atoms with van der Waals surface area (Å²) in [5.41, 5.74) is 4.69. The third kappa shape index (κ3) is 6.87. The molecular weight excluding hydrogens is 613 g/mol. The van der Waals surface area contributed by atoms with E-state index in [-0.39, 0.29) is 27.9 Å². The Labute approximate surface area is 243 Å². The van der Waals surface area contributed by atoms with E-state index in [1.807, 2.05) is 0 Å². The summed E-state index contributed by atoms with van der Waals surface area (Å²) in [5, 5.41) is 11.8. The van der Waals surface area contributed by atoms with E-state index < -0.39 is 46.8 Å². The zero-order valence-corrected chi connectivity index (χ0v) is 23.5. The van der Waals surface area contributed by atoms with E-state index in [2.05, 4.69) is 5.32 Å². The summed E-state index contributed by atoms with van der Waals surface area (Å²) in [5.74, 6) is -2.60. The van der Waals surface area contributed by atoms with Gasteiger partial charge in [0.05, 0.1) is 16.3 Å². The highest BCUT2D eigenvalue weighted by Crippen LogP contribution is 2.42. The van der Waals surface area contributed by atoms with Gasteiger partial charge in [-0.25, -0.2) is 4.79 Å². The molecule has 0 bridgehead atoms. The van der Waals surface area contributed by atoms with Gasteiger partial charge >= 0.3 is 12.1 Å². The van der Waals surface area contributed by atoms with Crippen LogP contribution in [0.1, 0.15) is 5.56 Å². The van der Waals surface area contributed by atoms with Crippen LogP contribution in [0.2, 0.25) is 5.02 Å². The lowest BCUT2D eigenvalue weighted by Gasteiger charge is -2.49. The molecule has 212 valence electrons. The van der Waals surface area contributed by atoms with E-state index >= 15 is 0 Å². The lowest BCUT2D eigenvalue weighted by Crippen LogP contribution is -2.70. The Kier molecular flexibility index (Phi) is 9.27. The molecule has 4 rings (SSSR count). The molecule has 1 fully saturated rings. The molecule has 2 atom stereocenters. The summed E-state index contributed by atoms with van der Waals surface area (Å²) >= 11 is 9.45. The monoisotopic (exact) mass is 633 g/mol. The minimum absolute atomic E-state index is 0.0315. The summed E-state index contributed by atoms with van der Waals surface area (Å²) in [6.07, 6.45) is -1.21. The molecular formula is C24H21ClF3N4O5S3+. The Balaban J connectivity index is 1.36. The van der Waals surface area contributed by atoms with Crippen LogP contribution in [0.15, 0.2) is 63.8 Å². The van der Waals surface area contributed by atoms with Crippen molar-refractivity contribution in [3.05, 3.63) is 64.6 Å². The number of hydrogen-bond donors (Lipinski definition) is 3. The number of nitrogens with two attached hydrogens (primary N) is 1. The molecule has 9 nitrogen and oxygen atoms in total. The first kappa shape index (κ1) is 30.1. The lowest BCUT2D eigenvalue weighted by atomic mass is 10.0. The first-order valence-corrected chi connectivity index (χ1v) is 14.8. The number of nitrogens with zero attached hydrogens (tertiary/aromatic N) is 2. The fraction of sp³-hybridized carbons (Fsp3) is 0.292. The Bertz CT molecular complexity index is 1390. The number of β-lactam (4-membered cyclic amide) rings is 1. The predicted molar refractivity (Wildman–Crippen MR) is 143 cm³/mol. The number of aliphatic carboxylic acids is 1. The topological polar surface area (TPSA) is 134 Å². The van der Waals surface area contributed by atoms with Crippen LogP contribution >= 0.6 is 46.9 Å². The lowest BCUT2D eigenvalue weighted by molar-refractivity contribution is -0.684. The van der Waals surface area contributed by atoms with Gasteiger partial charge in [-0.3, -0.25) is 19.3 Å². The number of primary amides is 1. The number of fused-ring (bicyclic) bond motifs is 1. The van der Waals surface area contributed by atoms with Gasteiger partial charge in [0.25, 0.3) is 11.8 Å². The molecule has 2 aromatic rings. The summed E-state index contributed by atoms with van der Waals surface area (Å²) < 4.78 is 40.6. The number of rotatable bonds is 10. The molecule has 2 aliphatic rings. The van der Waals surface area contributed by atoms with Crippen molar-refractivity contribution in [2.24, 2.45) is 5.73 Å². The third-order valence-corrected chi connectivity index (χ3v) is 9.73. The highest BCUT2D eigenvalue weighted by atomic mass is 35.5. The van der Waals surface area contributed by atoms with Crippen LogP contribution in [-0.2, 0) is 31.9 Å². The maximum Gasteiger partial charge on any atom is 0.416 e. The second-order valence-corrected chi connectivity index (χ2v) is 12.2. The van der Waals surface area contributed by atoms with Gasteiger partial charge in [0, 0.05) is 33.4 Å². The number of carbonyl (C=O) groups excluding carboxylic acids is 3. The fourth-order valence-corrected chi connectivity index (χ4v) is 7.38. The van der Waals surface area contributed by atoms with Gasteiger partial charge in [0.15, 0.2) is 12.4 Å². The average molecular weight is 634 g/mol. The Morgan fingerprint density at radius 1 is 1.20 bits per heavy atom. The summed E-state index contributed by atoms with van der Waals surface area (Å²) in [6, 6.07) is 5.36. The van der Waals surface area contributed by atoms with Gasteiger partial charge < -0.3 is 16.2 Å². The molecule has 0 aliphatic carbocycles. The second kappa shape index (κ2) is 12.3. The van der Waals surface area contributed by atoms with Crippen molar-refractivity contribution in [2.45, 2.75) is 33.9 Å². The summed E-state index contributed by atoms with van der Waals surface area (Å²) in [7, 11) is 0. The maximum absolute atomic E-state index is 13.0. The molecule has 0 spiro atoms. The average Bonchev–Trinajstić information content (AvgIpc) is 2.89. The second-order valence-electron chi connectivity index (χ2n) is 8.61. The number of halogens is 4. The zero-order valence-electron chi connectivity index (χ0n) is 20.3. The Morgan fingerprint density at radius 2 is 1.90 bits per heavy atom. The van der Waals surface area contributed by atoms with Crippen LogP contribution in [0.25, 0.3) is 0 Å². The van der Waals surface area contributed by atoms with Gasteiger partial charge in [-0.15, -0.1) is 35.3 Å². The molecule has 2 aliphatic heterocycles. The van der Waals surface area contributed by atoms with Gasteiger partial charge in [-0.1, -0.05) is 11.6 Å². The predicted octanol–water partition coefficient (Wildman–Crippen LogP) is 2.75. The number of carboxylic acids is 1. The van der Waals surface area contributed by atoms with E-state index in [0.717, 1.165) is 39.8 Å². The quantitative estimate of drug-likeness (QED) is 0.207. The molecule has 0 unspecified atom stereocenters. The number of thioether (sulfide) groups is 3. The molecule has 4 N–H and O–H groups in total. The molecule has 40 heavy (non-hydrogen) atoms. The molecule has 1 saturated heterocycles. The molecule has 0 radical (unpaired) electrons. The number of carbonyl (C=O) groups is 4. The van der Waals surface area contributed by atoms with Crippen molar-refractivity contribution in [2.75, 3.05) is 17.3 Å². The minimum Gasteiger partial charge on any atom is -0.477 e. The first-order valence-electron chi connectivity index (χ1n) is 11.4. The van der Waals surface area contributed by atoms with Gasteiger partial charge in [-0.05, 0) is 23.8 Å². The van der Waals surface area contributed by atoms with E-state index in [9.17, 15) is 37.5 Å². The fourth-order valence-electron chi connectivity index (χ4n) is 3.94. The van der Waals surface area contributed by atoms with Crippen LogP contribution in [-0.4, -0.2) is 62.4 Å². The molecule has 1 aromatic heterocycles. The highest BCUT2D eigenvalue weighted by molar-refractivity contribution is 8.01. The van der Waals surface area contributed by atoms with Crippen molar-refractivity contribution >= 4 is 70.6 Å². The number of aromatic nitrogens is 1. The standard InChI is InChI=1S/C24H20ClF3N4O5S3/c25-15-2-1-13(24(26,27)28)7-16(15)39-11-18(34)30-19-21(35)32-20(23(36)37)12(10-40-22(19)32)9-38-14-3-5-31(6-4-14)8-17(29)33/h1-7,19,22H,8-11H2,(H3-,29,30,33,34,36,37)/p+1/t19-,22-/m1/s1. The van der Waals surface area contributed by atoms with Gasteiger partial charge in [0.1, 0.15) is 17.1 Å². The number of alkyl halides is 3. The SMILES string of the molecule is NC(=O)C[n+]1ccc(SCC2=C(C(=O)O)N3C(=O)[C@@H](NC(=O)CSc4cc(C(F)(F)F)ccc4Cl)[C@H]3SC2)cc1. The summed E-state index contributed by atoms with van der Waals surface area (Å²) in [4.78, 5) is 50.6. The van der Waals surface area contributed by atoms with E-state index in [4.69, 9.17) is 17.3 Å². The normalized spacial score (nSPS) is 18.7. The van der Waals surface area contributed by atoms with E-state index in [1.54, 1.807) is 29.1 Å². The zero-order chi connectivity index (χ0) is 29.2. The minimum atomic E-state index is -4.56. The van der Waals surface area contributed by atoms with Gasteiger partial charge in [0.2, 0.25) is 12.5 Å². The van der Waals surface area contributed by atoms with Crippen LogP contribution in [0, 0.1) is 0 Å². The van der Waals surface area contributed by atoms with E-state index in [0.29, 0.717) is 17.1 Å². The van der Waals surface area contributed by atoms with Crippen molar-refractivity contribution < 1.29 is 42.0 Å². The first-order chi connectivity index (χ1) is 18.8. The molecule has 1 aromatic carbocycles. The molecule has 0 saturated carbocycles. The van der Waals surface area contributed by atoms with Crippen LogP contribution in [0.4, 0.5) is 13.2 Å². The maximum atomic E-state index is 13.0. The van der Waals surface area contributed by atoms with Gasteiger partial charge in [-0.2, -0.15) is 17.7 Å². The highest BCUT2D eigenvalue weighted by Gasteiger charge is 2.54. The van der Waals surface area contributed by atoms with Crippen molar-refractivity contribution in [1.82, 2.24) is 10.2 Å². The number of hydrogen-bond acceptors (Lipinski definition) is 7. The van der Waals surface area contributed by atoms with Crippen molar-refractivity contribution in [3.8, 4) is 0 Å². The number of carboxylic acid groups (broad SMARTS) is 1. The Morgan fingerprint density at radius 3 is 2.52 bits per heavy atom. The number of benzene rings is 1. The molecule has 3 amide bonds. The summed E-state index contributed by atoms with van der Waals surface area (Å²) in [6.45, 7) is 0.0315. The number of pyridine rings is 1. The van der Waals surface area contributed by atoms with E-state index in [1.165, 1.54) is 23.5 Å². The largest absolute Gasteiger partial charge is 0.477 e. The molecule has 3 heterocycles. The Hall–Kier alpha value is -2.88. The molecule has 16 heteroatoms. The number of amides is 3. The number of nitrogens with one attached hydrogen (secondary N) is 1. The smallest absolute Gasteiger partial charge is 0.416 e. The third-order valence-electron chi connectivity index (χ3n) is 5.80. The van der Waals surface area contributed by atoms with Crippen LogP contribution in [0.5, 0.6) is 0 Å². The van der Waals surface area contributed by atoms with Crippen molar-refractivity contribution in [3.63, 3.8) is 0 Å². The van der Waals surface area contributed by atoms with Crippen LogP contribution in [0.3, 0.4) is 0 Å². The van der Waals surface area contributed by atoms with Crippen molar-refractivity contribution in [1.29, 1.82) is 0 Å².